The molecule has 0 aliphatic heterocycles. The molecule has 0 saturated heterocycles. The van der Waals surface area contributed by atoms with Gasteiger partial charge >= 0.3 is 5.97 Å². The molecule has 0 unspecified atom stereocenters. The van der Waals surface area contributed by atoms with E-state index in [1.165, 1.54) is 12.1 Å². The predicted molar refractivity (Wildman–Crippen MR) is 83.0 cm³/mol. The minimum atomic E-state index is -3.79. The summed E-state index contributed by atoms with van der Waals surface area (Å²) < 4.78 is 28.3. The maximum Gasteiger partial charge on any atom is 0.335 e. The number of carbonyl (C=O) groups is 1. The molecule has 0 spiro atoms. The van der Waals surface area contributed by atoms with E-state index in [1.807, 2.05) is 13.8 Å². The van der Waals surface area contributed by atoms with E-state index < -0.39 is 21.5 Å². The van der Waals surface area contributed by atoms with Gasteiger partial charge < -0.3 is 5.11 Å². The molecule has 0 atom stereocenters. The number of nitrogens with one attached hydrogen (secondary N) is 1. The fraction of sp³-hybridized carbons (Fsp3) is 0.500. The summed E-state index contributed by atoms with van der Waals surface area (Å²) in [6.07, 6.45) is 2.01. The molecule has 2 N–H and O–H groups in total. The van der Waals surface area contributed by atoms with E-state index in [0.717, 1.165) is 12.8 Å². The van der Waals surface area contributed by atoms with Crippen LogP contribution in [0.2, 0.25) is 0 Å². The van der Waals surface area contributed by atoms with E-state index in [4.69, 9.17) is 5.11 Å². The standard InChI is InChI=1S/C14H18BrNO4S/c1-8-6-9(13(17)18)7-11(12(8)15)21(19,20)16-14(2,3)10-4-5-10/h6-7,10,16H,4-5H2,1-3H3,(H,17,18). The highest BCUT2D eigenvalue weighted by Gasteiger charge is 2.41. The minimum Gasteiger partial charge on any atom is -0.478 e. The third-order valence-corrected chi connectivity index (χ3v) is 6.76. The number of halogens is 1. The number of sulfonamides is 1. The van der Waals surface area contributed by atoms with Crippen molar-refractivity contribution in [3.8, 4) is 0 Å². The van der Waals surface area contributed by atoms with Crippen LogP contribution in [0.1, 0.15) is 42.6 Å². The van der Waals surface area contributed by atoms with E-state index in [9.17, 15) is 13.2 Å². The normalized spacial score (nSPS) is 16.0. The van der Waals surface area contributed by atoms with Crippen molar-refractivity contribution in [2.45, 2.75) is 44.0 Å². The molecule has 0 bridgehead atoms. The van der Waals surface area contributed by atoms with Crippen molar-refractivity contribution in [2.24, 2.45) is 5.92 Å². The van der Waals surface area contributed by atoms with Crippen molar-refractivity contribution < 1.29 is 18.3 Å². The van der Waals surface area contributed by atoms with Gasteiger partial charge in [-0.1, -0.05) is 0 Å². The van der Waals surface area contributed by atoms with Crippen LogP contribution in [-0.2, 0) is 10.0 Å². The van der Waals surface area contributed by atoms with Crippen molar-refractivity contribution in [3.63, 3.8) is 0 Å². The second-order valence-electron chi connectivity index (χ2n) is 6.01. The number of benzene rings is 1. The van der Waals surface area contributed by atoms with Crippen LogP contribution in [0, 0.1) is 12.8 Å². The third-order valence-electron chi connectivity index (χ3n) is 3.75. The molecule has 116 valence electrons. The van der Waals surface area contributed by atoms with Gasteiger partial charge in [-0.15, -0.1) is 0 Å². The summed E-state index contributed by atoms with van der Waals surface area (Å²) in [4.78, 5) is 11.1. The first-order chi connectivity index (χ1) is 9.54. The number of hydrogen-bond donors (Lipinski definition) is 2. The quantitative estimate of drug-likeness (QED) is 0.828. The molecule has 1 fully saturated rings. The Bertz CT molecular complexity index is 693. The molecule has 5 nitrogen and oxygen atoms in total. The Hall–Kier alpha value is -0.920. The minimum absolute atomic E-state index is 0.0337. The zero-order chi connectivity index (χ0) is 16.0. The number of rotatable bonds is 5. The van der Waals surface area contributed by atoms with Gasteiger partial charge in [0, 0.05) is 10.0 Å². The smallest absolute Gasteiger partial charge is 0.335 e. The zero-order valence-corrected chi connectivity index (χ0v) is 14.5. The predicted octanol–water partition coefficient (Wildman–Crippen LogP) is 2.92. The van der Waals surface area contributed by atoms with Crippen molar-refractivity contribution in [1.82, 2.24) is 4.72 Å². The van der Waals surface area contributed by atoms with Gasteiger partial charge in [-0.2, -0.15) is 0 Å². The molecule has 0 heterocycles. The molecule has 21 heavy (non-hydrogen) atoms. The monoisotopic (exact) mass is 375 g/mol. The lowest BCUT2D eigenvalue weighted by Crippen LogP contribution is -2.45. The van der Waals surface area contributed by atoms with Gasteiger partial charge in [0.15, 0.2) is 0 Å². The Morgan fingerprint density at radius 3 is 2.43 bits per heavy atom. The Kier molecular flexibility index (Phi) is 4.21. The highest BCUT2D eigenvalue weighted by molar-refractivity contribution is 9.10. The van der Waals surface area contributed by atoms with Crippen LogP contribution in [-0.4, -0.2) is 25.0 Å². The fourth-order valence-corrected chi connectivity index (χ4v) is 4.86. The lowest BCUT2D eigenvalue weighted by atomic mass is 10.0. The van der Waals surface area contributed by atoms with Gasteiger partial charge in [0.05, 0.1) is 10.5 Å². The Balaban J connectivity index is 2.46. The third kappa shape index (κ3) is 3.46. The van der Waals surface area contributed by atoms with Gasteiger partial charge in [-0.05, 0) is 73.2 Å². The molecular weight excluding hydrogens is 358 g/mol. The molecule has 2 rings (SSSR count). The van der Waals surface area contributed by atoms with Gasteiger partial charge in [0.1, 0.15) is 0 Å². The molecule has 1 aromatic carbocycles. The second-order valence-corrected chi connectivity index (χ2v) is 8.46. The summed E-state index contributed by atoms with van der Waals surface area (Å²) in [5.74, 6) is -0.821. The number of carboxylic acid groups (broad SMARTS) is 1. The first-order valence-corrected chi connectivity index (χ1v) is 8.89. The number of aryl methyl sites for hydroxylation is 1. The van der Waals surface area contributed by atoms with Gasteiger partial charge in [0.25, 0.3) is 0 Å². The second kappa shape index (κ2) is 5.37. The maximum absolute atomic E-state index is 12.6. The highest BCUT2D eigenvalue weighted by atomic mass is 79.9. The molecule has 7 heteroatoms. The summed E-state index contributed by atoms with van der Waals surface area (Å²) in [6, 6.07) is 2.63. The van der Waals surface area contributed by atoms with Gasteiger partial charge in [-0.25, -0.2) is 17.9 Å². The first kappa shape index (κ1) is 16.5. The fourth-order valence-electron chi connectivity index (χ4n) is 2.35. The van der Waals surface area contributed by atoms with Crippen LogP contribution in [0.4, 0.5) is 0 Å². The Labute approximate surface area is 132 Å². The van der Waals surface area contributed by atoms with Crippen molar-refractivity contribution in [1.29, 1.82) is 0 Å². The summed E-state index contributed by atoms with van der Waals surface area (Å²) in [6.45, 7) is 5.37. The van der Waals surface area contributed by atoms with E-state index in [2.05, 4.69) is 20.7 Å². The maximum atomic E-state index is 12.6. The Morgan fingerprint density at radius 1 is 1.38 bits per heavy atom. The van der Waals surface area contributed by atoms with Crippen molar-refractivity contribution in [3.05, 3.63) is 27.7 Å². The average molecular weight is 376 g/mol. The van der Waals surface area contributed by atoms with Gasteiger partial charge in [-0.3, -0.25) is 0 Å². The number of aromatic carboxylic acids is 1. The summed E-state index contributed by atoms with van der Waals surface area (Å²) in [7, 11) is -3.79. The SMILES string of the molecule is Cc1cc(C(=O)O)cc(S(=O)(=O)NC(C)(C)C2CC2)c1Br. The van der Waals surface area contributed by atoms with Crippen molar-refractivity contribution >= 4 is 31.9 Å². The van der Waals surface area contributed by atoms with Crippen molar-refractivity contribution in [2.75, 3.05) is 0 Å². The molecule has 1 aliphatic rings. The van der Waals surface area contributed by atoms with E-state index in [-0.39, 0.29) is 10.5 Å². The summed E-state index contributed by atoms with van der Waals surface area (Å²) >= 11 is 3.25. The lowest BCUT2D eigenvalue weighted by molar-refractivity contribution is 0.0696. The van der Waals surface area contributed by atoms with E-state index in [0.29, 0.717) is 16.0 Å². The van der Waals surface area contributed by atoms with Crippen LogP contribution in [0.3, 0.4) is 0 Å². The first-order valence-electron chi connectivity index (χ1n) is 6.62. The summed E-state index contributed by atoms with van der Waals surface area (Å²) in [5, 5.41) is 9.09. The van der Waals surface area contributed by atoms with E-state index >= 15 is 0 Å². The highest BCUT2D eigenvalue weighted by Crippen LogP contribution is 2.40. The largest absolute Gasteiger partial charge is 0.478 e. The molecule has 0 aromatic heterocycles. The lowest BCUT2D eigenvalue weighted by Gasteiger charge is -2.26. The van der Waals surface area contributed by atoms with Crippen LogP contribution in [0.25, 0.3) is 0 Å². The topological polar surface area (TPSA) is 83.5 Å². The van der Waals surface area contributed by atoms with Crippen LogP contribution in [0.15, 0.2) is 21.5 Å². The molecule has 0 amide bonds. The number of carboxylic acids is 1. The average Bonchev–Trinajstić information content (AvgIpc) is 3.14. The van der Waals surface area contributed by atoms with Crippen LogP contribution >= 0.6 is 15.9 Å². The molecule has 0 radical (unpaired) electrons. The zero-order valence-electron chi connectivity index (χ0n) is 12.1. The molecule has 1 saturated carbocycles. The van der Waals surface area contributed by atoms with Gasteiger partial charge in [0.2, 0.25) is 10.0 Å². The van der Waals surface area contributed by atoms with Crippen LogP contribution in [0.5, 0.6) is 0 Å². The molecule has 1 aliphatic carbocycles. The number of hydrogen-bond acceptors (Lipinski definition) is 3. The molecular formula is C14H18BrNO4S. The summed E-state index contributed by atoms with van der Waals surface area (Å²) in [5.41, 5.74) is -0.00870. The van der Waals surface area contributed by atoms with E-state index in [1.54, 1.807) is 6.92 Å². The molecule has 1 aromatic rings. The Morgan fingerprint density at radius 2 is 1.95 bits per heavy atom. The van der Waals surface area contributed by atoms with Crippen LogP contribution < -0.4 is 4.72 Å².